The molecule has 2 aromatic heterocycles. The first-order chi connectivity index (χ1) is 13.0. The van der Waals surface area contributed by atoms with Crippen LogP contribution in [0.25, 0.3) is 10.9 Å². The van der Waals surface area contributed by atoms with E-state index in [1.807, 2.05) is 22.9 Å². The highest BCUT2D eigenvalue weighted by Crippen LogP contribution is 2.24. The minimum absolute atomic E-state index is 0.0419. The van der Waals surface area contributed by atoms with Crippen molar-refractivity contribution in [1.82, 2.24) is 24.9 Å². The molecule has 0 saturated heterocycles. The summed E-state index contributed by atoms with van der Waals surface area (Å²) in [5, 5.41) is 21.0. The molecular formula is C18H19N5O4. The van der Waals surface area contributed by atoms with Gasteiger partial charge in [-0.3, -0.25) is 19.4 Å². The number of nitrogens with one attached hydrogen (secondary N) is 1. The number of fused-ring (bicyclic) bond motifs is 2. The lowest BCUT2D eigenvalue weighted by molar-refractivity contribution is -0.136. The number of carboxylic acids is 1. The van der Waals surface area contributed by atoms with E-state index in [4.69, 9.17) is 9.84 Å². The molecule has 0 fully saturated rings. The highest BCUT2D eigenvalue weighted by Gasteiger charge is 2.26. The Labute approximate surface area is 154 Å². The molecule has 4 rings (SSSR count). The Morgan fingerprint density at radius 1 is 1.30 bits per heavy atom. The zero-order chi connectivity index (χ0) is 19.0. The summed E-state index contributed by atoms with van der Waals surface area (Å²) in [6, 6.07) is 7.31. The largest absolute Gasteiger partial charge is 0.497 e. The molecule has 0 saturated carbocycles. The number of methoxy groups -OCH3 is 1. The zero-order valence-electron chi connectivity index (χ0n) is 14.8. The maximum absolute atomic E-state index is 13.0. The normalized spacial score (nSPS) is 13.6. The molecule has 0 unspecified atom stereocenters. The molecule has 2 N–H and O–H groups in total. The number of hydrogen-bond acceptors (Lipinski definition) is 5. The van der Waals surface area contributed by atoms with E-state index in [-0.39, 0.29) is 12.3 Å². The van der Waals surface area contributed by atoms with Crippen LogP contribution in [0.5, 0.6) is 5.75 Å². The van der Waals surface area contributed by atoms with Crippen molar-refractivity contribution < 1.29 is 19.4 Å². The Morgan fingerprint density at radius 3 is 2.93 bits per heavy atom. The second kappa shape index (κ2) is 6.75. The second-order valence-corrected chi connectivity index (χ2v) is 6.45. The lowest BCUT2D eigenvalue weighted by Crippen LogP contribution is -2.38. The van der Waals surface area contributed by atoms with Crippen molar-refractivity contribution in [3.8, 4) is 5.75 Å². The average Bonchev–Trinajstić information content (AvgIpc) is 3.28. The van der Waals surface area contributed by atoms with Crippen LogP contribution in [0.4, 0.5) is 0 Å². The van der Waals surface area contributed by atoms with Crippen molar-refractivity contribution in [2.45, 2.75) is 25.9 Å². The van der Waals surface area contributed by atoms with Crippen LogP contribution >= 0.6 is 0 Å². The van der Waals surface area contributed by atoms with E-state index in [0.717, 1.165) is 22.3 Å². The first-order valence-corrected chi connectivity index (χ1v) is 8.64. The molecule has 1 aliphatic heterocycles. The van der Waals surface area contributed by atoms with E-state index >= 15 is 0 Å². The summed E-state index contributed by atoms with van der Waals surface area (Å²) in [4.78, 5) is 25.5. The molecule has 3 heterocycles. The number of hydrogen-bond donors (Lipinski definition) is 2. The Hall–Kier alpha value is -3.36. The fraction of sp³-hybridized carbons (Fsp3) is 0.333. The van der Waals surface area contributed by atoms with Gasteiger partial charge in [0.2, 0.25) is 0 Å². The molecule has 0 spiro atoms. The molecule has 1 aliphatic rings. The van der Waals surface area contributed by atoms with Gasteiger partial charge in [0, 0.05) is 18.4 Å². The van der Waals surface area contributed by atoms with Crippen molar-refractivity contribution in [2.75, 3.05) is 13.7 Å². The maximum Gasteiger partial charge on any atom is 0.303 e. The van der Waals surface area contributed by atoms with Crippen molar-refractivity contribution in [1.29, 1.82) is 0 Å². The smallest absolute Gasteiger partial charge is 0.303 e. The number of ether oxygens (including phenoxy) is 1. The van der Waals surface area contributed by atoms with Crippen LogP contribution in [-0.4, -0.2) is 55.5 Å². The Balaban J connectivity index is 1.55. The number of carboxylic acid groups (broad SMARTS) is 1. The van der Waals surface area contributed by atoms with Crippen LogP contribution in [0.3, 0.4) is 0 Å². The van der Waals surface area contributed by atoms with E-state index in [0.29, 0.717) is 37.5 Å². The molecule has 140 valence electrons. The van der Waals surface area contributed by atoms with Gasteiger partial charge in [0.15, 0.2) is 5.69 Å². The molecule has 0 atom stereocenters. The average molecular weight is 369 g/mol. The number of benzene rings is 1. The molecule has 0 bridgehead atoms. The van der Waals surface area contributed by atoms with Gasteiger partial charge in [-0.05, 0) is 24.3 Å². The third-order valence-corrected chi connectivity index (χ3v) is 4.70. The topological polar surface area (TPSA) is 113 Å². The van der Waals surface area contributed by atoms with Gasteiger partial charge in [0.1, 0.15) is 5.75 Å². The maximum atomic E-state index is 13.0. The van der Waals surface area contributed by atoms with Crippen molar-refractivity contribution >= 4 is 22.8 Å². The van der Waals surface area contributed by atoms with Crippen LogP contribution in [-0.2, 0) is 24.3 Å². The van der Waals surface area contributed by atoms with Gasteiger partial charge in [-0.1, -0.05) is 0 Å². The van der Waals surface area contributed by atoms with E-state index in [2.05, 4.69) is 15.3 Å². The van der Waals surface area contributed by atoms with Gasteiger partial charge in [0.25, 0.3) is 5.91 Å². The van der Waals surface area contributed by atoms with Gasteiger partial charge in [-0.25, -0.2) is 0 Å². The number of aliphatic carboxylic acids is 1. The molecule has 27 heavy (non-hydrogen) atoms. The van der Waals surface area contributed by atoms with Crippen LogP contribution < -0.4 is 4.74 Å². The number of rotatable bonds is 5. The SMILES string of the molecule is COc1ccc2[nH]nc(C(=O)N3CCn4nc(CCC(=O)O)cc4C3)c2c1. The van der Waals surface area contributed by atoms with Crippen molar-refractivity contribution in [2.24, 2.45) is 0 Å². The third-order valence-electron chi connectivity index (χ3n) is 4.70. The van der Waals surface area contributed by atoms with Crippen LogP contribution in [0.1, 0.15) is 28.3 Å². The first kappa shape index (κ1) is 17.1. The minimum Gasteiger partial charge on any atom is -0.497 e. The fourth-order valence-electron chi connectivity index (χ4n) is 3.29. The zero-order valence-corrected chi connectivity index (χ0v) is 14.8. The summed E-state index contributed by atoms with van der Waals surface area (Å²) in [5.41, 5.74) is 2.77. The highest BCUT2D eigenvalue weighted by atomic mass is 16.5. The summed E-state index contributed by atoms with van der Waals surface area (Å²) < 4.78 is 7.08. The lowest BCUT2D eigenvalue weighted by Gasteiger charge is -2.27. The van der Waals surface area contributed by atoms with Gasteiger partial charge in [-0.2, -0.15) is 10.2 Å². The molecule has 1 amide bonds. The highest BCUT2D eigenvalue weighted by molar-refractivity contribution is 6.05. The predicted octanol–water partition coefficient (Wildman–Crippen LogP) is 1.44. The molecular weight excluding hydrogens is 350 g/mol. The number of carbonyl (C=O) groups is 2. The van der Waals surface area contributed by atoms with Crippen molar-refractivity contribution in [3.63, 3.8) is 0 Å². The standard InChI is InChI=1S/C18H19N5O4/c1-27-13-3-4-15-14(9-13)17(20-19-15)18(26)22-6-7-23-12(10-22)8-11(21-23)2-5-16(24)25/h3-4,8-9H,2,5-7,10H2,1H3,(H,19,20)(H,24,25). The van der Waals surface area contributed by atoms with Crippen LogP contribution in [0.2, 0.25) is 0 Å². The molecule has 9 heteroatoms. The summed E-state index contributed by atoms with van der Waals surface area (Å²) in [6.45, 7) is 1.50. The molecule has 3 aromatic rings. The minimum atomic E-state index is -0.849. The summed E-state index contributed by atoms with van der Waals surface area (Å²) in [5.74, 6) is -0.342. The van der Waals surface area contributed by atoms with E-state index in [1.165, 1.54) is 0 Å². The third kappa shape index (κ3) is 3.23. The molecule has 9 nitrogen and oxygen atoms in total. The van der Waals surface area contributed by atoms with Gasteiger partial charge in [-0.15, -0.1) is 0 Å². The molecule has 0 aliphatic carbocycles. The number of nitrogens with zero attached hydrogens (tertiary/aromatic N) is 4. The quantitative estimate of drug-likeness (QED) is 0.704. The van der Waals surface area contributed by atoms with Crippen molar-refractivity contribution in [3.05, 3.63) is 41.3 Å². The Bertz CT molecular complexity index is 1020. The monoisotopic (exact) mass is 369 g/mol. The number of amides is 1. The summed E-state index contributed by atoms with van der Waals surface area (Å²) in [6.07, 6.45) is 0.424. The fourth-order valence-corrected chi connectivity index (χ4v) is 3.29. The summed E-state index contributed by atoms with van der Waals surface area (Å²) in [7, 11) is 1.58. The first-order valence-electron chi connectivity index (χ1n) is 8.64. The van der Waals surface area contributed by atoms with Crippen LogP contribution in [0, 0.1) is 0 Å². The van der Waals surface area contributed by atoms with E-state index in [9.17, 15) is 9.59 Å². The summed E-state index contributed by atoms with van der Waals surface area (Å²) >= 11 is 0. The van der Waals surface area contributed by atoms with E-state index in [1.54, 1.807) is 18.1 Å². The molecule has 1 aromatic carbocycles. The molecule has 0 radical (unpaired) electrons. The number of aromatic nitrogens is 4. The van der Waals surface area contributed by atoms with Gasteiger partial charge < -0.3 is 14.7 Å². The number of aromatic amines is 1. The van der Waals surface area contributed by atoms with Gasteiger partial charge >= 0.3 is 5.97 Å². The Kier molecular flexibility index (Phi) is 4.27. The second-order valence-electron chi connectivity index (χ2n) is 6.45. The predicted molar refractivity (Wildman–Crippen MR) is 95.6 cm³/mol. The number of carbonyl (C=O) groups excluding carboxylic acids is 1. The Morgan fingerprint density at radius 2 is 2.15 bits per heavy atom. The van der Waals surface area contributed by atoms with Crippen LogP contribution in [0.15, 0.2) is 24.3 Å². The lowest BCUT2D eigenvalue weighted by atomic mass is 10.1. The number of H-pyrrole nitrogens is 1. The number of aryl methyl sites for hydroxylation is 1. The van der Waals surface area contributed by atoms with Gasteiger partial charge in [0.05, 0.1) is 43.5 Å². The van der Waals surface area contributed by atoms with E-state index < -0.39 is 5.97 Å².